The van der Waals surface area contributed by atoms with Crippen LogP contribution < -0.4 is 11.2 Å². The average Bonchev–Trinajstić information content (AvgIpc) is 1.94. The number of carbonyl (C=O) groups is 1. The molecule has 0 spiro atoms. The average molecular weight is 185 g/mol. The molecule has 0 radical (unpaired) electrons. The Hall–Kier alpha value is -0.610. The van der Waals surface area contributed by atoms with E-state index in [1.54, 1.807) is 19.1 Å². The molecule has 4 heteroatoms. The minimum atomic E-state index is -0.340. The third-order valence-corrected chi connectivity index (χ3v) is 2.48. The molecule has 76 valence electrons. The molecule has 1 fully saturated rings. The van der Waals surface area contributed by atoms with Crippen LogP contribution in [-0.2, 0) is 4.79 Å². The molecular weight excluding hydrogens is 166 g/mol. The van der Waals surface area contributed by atoms with E-state index in [-0.39, 0.29) is 11.9 Å². The molecule has 3 N–H and O–H groups in total. The van der Waals surface area contributed by atoms with Crippen LogP contribution in [-0.4, -0.2) is 31.1 Å². The number of nitrogens with two attached hydrogens (primary N) is 1. The van der Waals surface area contributed by atoms with Gasteiger partial charge in [0.25, 0.3) is 5.91 Å². The fraction of sp³-hybridized carbons (Fsp3) is 0.889. The highest BCUT2D eigenvalue weighted by atomic mass is 16.2. The Labute approximate surface area is 79.4 Å². The van der Waals surface area contributed by atoms with Crippen molar-refractivity contribution in [1.82, 2.24) is 10.4 Å². The van der Waals surface area contributed by atoms with Gasteiger partial charge in [-0.05, 0) is 12.3 Å². The molecule has 1 rings (SSSR count). The maximum absolute atomic E-state index is 11.4. The molecule has 1 aliphatic carbocycles. The Morgan fingerprint density at radius 3 is 2.62 bits per heavy atom. The van der Waals surface area contributed by atoms with Gasteiger partial charge < -0.3 is 5.73 Å². The second-order valence-electron chi connectivity index (χ2n) is 4.01. The van der Waals surface area contributed by atoms with Crippen LogP contribution in [0, 0.1) is 5.92 Å². The van der Waals surface area contributed by atoms with Gasteiger partial charge in [0.1, 0.15) is 0 Å². The monoisotopic (exact) mass is 185 g/mol. The van der Waals surface area contributed by atoms with Gasteiger partial charge in [-0.3, -0.25) is 10.2 Å². The van der Waals surface area contributed by atoms with Crippen molar-refractivity contribution >= 4 is 5.91 Å². The fourth-order valence-corrected chi connectivity index (χ4v) is 1.50. The fourth-order valence-electron chi connectivity index (χ4n) is 1.50. The highest BCUT2D eigenvalue weighted by Gasteiger charge is 2.23. The number of rotatable bonds is 4. The van der Waals surface area contributed by atoms with Crippen LogP contribution in [0.25, 0.3) is 0 Å². The predicted molar refractivity (Wildman–Crippen MR) is 51.8 cm³/mol. The van der Waals surface area contributed by atoms with Gasteiger partial charge in [0.15, 0.2) is 0 Å². The van der Waals surface area contributed by atoms with Crippen LogP contribution in [0.4, 0.5) is 0 Å². The smallest absolute Gasteiger partial charge is 0.251 e. The van der Waals surface area contributed by atoms with Gasteiger partial charge in [-0.15, -0.1) is 0 Å². The SMILES string of the molecule is CN(C)NC(=O)C(N)CC1CCC1. The van der Waals surface area contributed by atoms with E-state index in [9.17, 15) is 4.79 Å². The van der Waals surface area contributed by atoms with Crippen molar-refractivity contribution in [2.24, 2.45) is 11.7 Å². The van der Waals surface area contributed by atoms with Crippen LogP contribution in [0.3, 0.4) is 0 Å². The first-order valence-electron chi connectivity index (χ1n) is 4.83. The summed E-state index contributed by atoms with van der Waals surface area (Å²) in [5.41, 5.74) is 8.40. The molecule has 0 aromatic heterocycles. The number of hydrogen-bond donors (Lipinski definition) is 2. The molecule has 0 aliphatic heterocycles. The van der Waals surface area contributed by atoms with E-state index in [0.717, 1.165) is 6.42 Å². The molecule has 1 amide bonds. The summed E-state index contributed by atoms with van der Waals surface area (Å²) in [6.07, 6.45) is 4.61. The summed E-state index contributed by atoms with van der Waals surface area (Å²) < 4.78 is 0. The van der Waals surface area contributed by atoms with Crippen molar-refractivity contribution in [3.05, 3.63) is 0 Å². The molecule has 1 unspecified atom stereocenters. The first kappa shape index (κ1) is 10.5. The van der Waals surface area contributed by atoms with Crippen molar-refractivity contribution in [3.63, 3.8) is 0 Å². The van der Waals surface area contributed by atoms with E-state index in [1.807, 2.05) is 0 Å². The molecule has 0 heterocycles. The zero-order valence-electron chi connectivity index (χ0n) is 8.42. The molecular formula is C9H19N3O. The second kappa shape index (κ2) is 4.58. The maximum Gasteiger partial charge on any atom is 0.251 e. The second-order valence-corrected chi connectivity index (χ2v) is 4.01. The minimum Gasteiger partial charge on any atom is -0.320 e. The number of nitrogens with zero attached hydrogens (tertiary/aromatic N) is 1. The topological polar surface area (TPSA) is 58.4 Å². The molecule has 1 atom stereocenters. The first-order valence-corrected chi connectivity index (χ1v) is 4.83. The molecule has 0 aromatic carbocycles. The largest absolute Gasteiger partial charge is 0.320 e. The predicted octanol–water partition coefficient (Wildman–Crippen LogP) is 0.0967. The van der Waals surface area contributed by atoms with Crippen LogP contribution in [0.15, 0.2) is 0 Å². The summed E-state index contributed by atoms with van der Waals surface area (Å²) >= 11 is 0. The van der Waals surface area contributed by atoms with Crippen LogP contribution in [0.2, 0.25) is 0 Å². The lowest BCUT2D eigenvalue weighted by molar-refractivity contribution is -0.126. The summed E-state index contributed by atoms with van der Waals surface area (Å²) in [6, 6.07) is -0.340. The Morgan fingerprint density at radius 1 is 1.62 bits per heavy atom. The van der Waals surface area contributed by atoms with Gasteiger partial charge >= 0.3 is 0 Å². The van der Waals surface area contributed by atoms with E-state index in [0.29, 0.717) is 5.92 Å². The number of carbonyl (C=O) groups excluding carboxylic acids is 1. The summed E-state index contributed by atoms with van der Waals surface area (Å²) in [5.74, 6) is 0.611. The van der Waals surface area contributed by atoms with Crippen molar-refractivity contribution in [3.8, 4) is 0 Å². The molecule has 4 nitrogen and oxygen atoms in total. The third-order valence-electron chi connectivity index (χ3n) is 2.48. The summed E-state index contributed by atoms with van der Waals surface area (Å²) in [4.78, 5) is 11.4. The summed E-state index contributed by atoms with van der Waals surface area (Å²) in [5, 5.41) is 1.63. The van der Waals surface area contributed by atoms with Gasteiger partial charge in [0.05, 0.1) is 6.04 Å². The number of hydrogen-bond acceptors (Lipinski definition) is 3. The molecule has 0 saturated heterocycles. The number of amides is 1. The van der Waals surface area contributed by atoms with Crippen molar-refractivity contribution in [1.29, 1.82) is 0 Å². The summed E-state index contributed by atoms with van der Waals surface area (Å²) in [7, 11) is 3.57. The molecule has 0 aromatic rings. The highest BCUT2D eigenvalue weighted by Crippen LogP contribution is 2.29. The Morgan fingerprint density at radius 2 is 2.23 bits per heavy atom. The Bertz CT molecular complexity index is 178. The van der Waals surface area contributed by atoms with Crippen LogP contribution in [0.5, 0.6) is 0 Å². The summed E-state index contributed by atoms with van der Waals surface area (Å²) in [6.45, 7) is 0. The van der Waals surface area contributed by atoms with Gasteiger partial charge in [0.2, 0.25) is 0 Å². The zero-order valence-corrected chi connectivity index (χ0v) is 8.42. The lowest BCUT2D eigenvalue weighted by atomic mass is 9.81. The Kier molecular flexibility index (Phi) is 3.69. The van der Waals surface area contributed by atoms with E-state index in [2.05, 4.69) is 5.43 Å². The van der Waals surface area contributed by atoms with Gasteiger partial charge in [-0.2, -0.15) is 0 Å². The van der Waals surface area contributed by atoms with Crippen LogP contribution >= 0.6 is 0 Å². The van der Waals surface area contributed by atoms with Gasteiger partial charge in [-0.1, -0.05) is 19.3 Å². The van der Waals surface area contributed by atoms with E-state index in [1.165, 1.54) is 19.3 Å². The molecule has 0 bridgehead atoms. The lowest BCUT2D eigenvalue weighted by Gasteiger charge is -2.28. The zero-order chi connectivity index (χ0) is 9.84. The lowest BCUT2D eigenvalue weighted by Crippen LogP contribution is -2.47. The third kappa shape index (κ3) is 3.32. The quantitative estimate of drug-likeness (QED) is 0.611. The van der Waals surface area contributed by atoms with Crippen molar-refractivity contribution in [2.75, 3.05) is 14.1 Å². The molecule has 13 heavy (non-hydrogen) atoms. The van der Waals surface area contributed by atoms with Crippen molar-refractivity contribution in [2.45, 2.75) is 31.7 Å². The van der Waals surface area contributed by atoms with E-state index in [4.69, 9.17) is 5.73 Å². The van der Waals surface area contributed by atoms with E-state index < -0.39 is 0 Å². The number of hydrazine groups is 1. The van der Waals surface area contributed by atoms with Crippen molar-refractivity contribution < 1.29 is 4.79 Å². The van der Waals surface area contributed by atoms with Crippen LogP contribution in [0.1, 0.15) is 25.7 Å². The van der Waals surface area contributed by atoms with Gasteiger partial charge in [0, 0.05) is 14.1 Å². The van der Waals surface area contributed by atoms with E-state index >= 15 is 0 Å². The molecule has 1 saturated carbocycles. The highest BCUT2D eigenvalue weighted by molar-refractivity contribution is 5.80. The van der Waals surface area contributed by atoms with Gasteiger partial charge in [-0.25, -0.2) is 5.01 Å². The standard InChI is InChI=1S/C9H19N3O/c1-12(2)11-9(13)8(10)6-7-4-3-5-7/h7-8H,3-6,10H2,1-2H3,(H,11,13). The number of nitrogens with one attached hydrogen (secondary N) is 1. The normalized spacial score (nSPS) is 19.7. The first-order chi connectivity index (χ1) is 6.09. The Balaban J connectivity index is 2.20. The molecule has 1 aliphatic rings. The maximum atomic E-state index is 11.4. The minimum absolute atomic E-state index is 0.0723.